The lowest BCUT2D eigenvalue weighted by molar-refractivity contribution is -0.135. The number of hydrogen-bond donors (Lipinski definition) is 0. The lowest BCUT2D eigenvalue weighted by Gasteiger charge is -2.37. The first-order valence-electron chi connectivity index (χ1n) is 9.07. The van der Waals surface area contributed by atoms with Crippen LogP contribution in [0, 0.1) is 5.92 Å². The Bertz CT molecular complexity index is 704. The molecule has 2 atom stereocenters. The van der Waals surface area contributed by atoms with Gasteiger partial charge >= 0.3 is 0 Å². The van der Waals surface area contributed by atoms with Gasteiger partial charge in [-0.1, -0.05) is 6.08 Å². The molecule has 0 aliphatic carbocycles. The number of aliphatic imine (C=N–C) groups is 1. The second-order valence-electron chi connectivity index (χ2n) is 7.06. The molecule has 1 aromatic rings. The summed E-state index contributed by atoms with van der Waals surface area (Å²) in [5.74, 6) is 0.340. The lowest BCUT2D eigenvalue weighted by atomic mass is 9.86. The summed E-state index contributed by atoms with van der Waals surface area (Å²) in [5, 5.41) is 4.08. The van der Waals surface area contributed by atoms with Crippen molar-refractivity contribution in [3.05, 3.63) is 30.2 Å². The molecule has 2 aliphatic rings. The Balaban J connectivity index is 1.47. The summed E-state index contributed by atoms with van der Waals surface area (Å²) >= 11 is 0. The SMILES string of the molecule is CC1CC(C(=O)c2cnn(C)c2)CCN1C(=O)CCCC1=NC=CC1. The van der Waals surface area contributed by atoms with Crippen LogP contribution in [-0.2, 0) is 11.8 Å². The van der Waals surface area contributed by atoms with Crippen LogP contribution in [0.15, 0.2) is 29.7 Å². The second-order valence-corrected chi connectivity index (χ2v) is 7.06. The van der Waals surface area contributed by atoms with E-state index in [9.17, 15) is 9.59 Å². The highest BCUT2D eigenvalue weighted by molar-refractivity contribution is 5.97. The highest BCUT2D eigenvalue weighted by atomic mass is 16.2. The number of carbonyl (C=O) groups excluding carboxylic acids is 2. The number of allylic oxidation sites excluding steroid dienone is 1. The molecule has 1 saturated heterocycles. The molecule has 0 aromatic carbocycles. The number of piperidine rings is 1. The van der Waals surface area contributed by atoms with Gasteiger partial charge in [0.15, 0.2) is 5.78 Å². The fourth-order valence-electron chi connectivity index (χ4n) is 3.72. The topological polar surface area (TPSA) is 67.6 Å². The van der Waals surface area contributed by atoms with Crippen LogP contribution in [0.1, 0.15) is 55.8 Å². The molecule has 0 bridgehead atoms. The van der Waals surface area contributed by atoms with Crippen molar-refractivity contribution in [1.29, 1.82) is 0 Å². The zero-order valence-electron chi connectivity index (χ0n) is 15.0. The van der Waals surface area contributed by atoms with Crippen LogP contribution in [0.3, 0.4) is 0 Å². The Kier molecular flexibility index (Phi) is 5.46. The molecule has 3 heterocycles. The minimum absolute atomic E-state index is 0.0119. The minimum Gasteiger partial charge on any atom is -0.340 e. The fourth-order valence-corrected chi connectivity index (χ4v) is 3.72. The van der Waals surface area contributed by atoms with Crippen LogP contribution in [0.2, 0.25) is 0 Å². The predicted molar refractivity (Wildman–Crippen MR) is 96.5 cm³/mol. The first kappa shape index (κ1) is 17.6. The van der Waals surface area contributed by atoms with Crippen LogP contribution in [-0.4, -0.2) is 44.7 Å². The van der Waals surface area contributed by atoms with Crippen molar-refractivity contribution < 1.29 is 9.59 Å². The number of Topliss-reactive ketones (excluding diaryl/α,β-unsaturated/α-hetero) is 1. The Morgan fingerprint density at radius 3 is 2.84 bits per heavy atom. The van der Waals surface area contributed by atoms with Gasteiger partial charge < -0.3 is 4.90 Å². The summed E-state index contributed by atoms with van der Waals surface area (Å²) in [6, 6.07) is 0.109. The van der Waals surface area contributed by atoms with Gasteiger partial charge in [-0.25, -0.2) is 0 Å². The van der Waals surface area contributed by atoms with Gasteiger partial charge in [0.2, 0.25) is 5.91 Å². The molecular formula is C19H26N4O2. The summed E-state index contributed by atoms with van der Waals surface area (Å²) < 4.78 is 1.65. The predicted octanol–water partition coefficient (Wildman–Crippen LogP) is 2.76. The Morgan fingerprint density at radius 1 is 1.36 bits per heavy atom. The number of nitrogens with zero attached hydrogens (tertiary/aromatic N) is 4. The maximum atomic E-state index is 12.6. The van der Waals surface area contributed by atoms with E-state index < -0.39 is 0 Å². The maximum Gasteiger partial charge on any atom is 0.222 e. The summed E-state index contributed by atoms with van der Waals surface area (Å²) in [6.07, 6.45) is 12.0. The number of ketones is 1. The standard InChI is InChI=1S/C19H26N4O2/c1-14-11-15(19(25)16-12-21-22(2)13-16)8-10-23(14)18(24)7-3-5-17-6-4-9-20-17/h4,9,12-15H,3,5-8,10-11H2,1-2H3. The first-order chi connectivity index (χ1) is 12.0. The molecule has 2 unspecified atom stereocenters. The van der Waals surface area contributed by atoms with Crippen molar-refractivity contribution in [2.75, 3.05) is 6.54 Å². The number of hydrogen-bond acceptors (Lipinski definition) is 4. The number of likely N-dealkylation sites (tertiary alicyclic amines) is 1. The van der Waals surface area contributed by atoms with Gasteiger partial charge in [-0.15, -0.1) is 0 Å². The van der Waals surface area contributed by atoms with E-state index in [1.54, 1.807) is 17.1 Å². The maximum absolute atomic E-state index is 12.6. The Labute approximate surface area is 148 Å². The van der Waals surface area contributed by atoms with E-state index in [1.807, 2.05) is 31.1 Å². The molecule has 1 amide bonds. The van der Waals surface area contributed by atoms with E-state index in [4.69, 9.17) is 0 Å². The van der Waals surface area contributed by atoms with E-state index in [1.165, 1.54) is 5.71 Å². The number of rotatable bonds is 6. The lowest BCUT2D eigenvalue weighted by Crippen LogP contribution is -2.46. The zero-order chi connectivity index (χ0) is 17.8. The molecule has 6 heteroatoms. The van der Waals surface area contributed by atoms with Gasteiger partial charge in [0.25, 0.3) is 0 Å². The van der Waals surface area contributed by atoms with Crippen molar-refractivity contribution in [2.24, 2.45) is 18.0 Å². The second kappa shape index (κ2) is 7.76. The third kappa shape index (κ3) is 4.24. The van der Waals surface area contributed by atoms with Crippen molar-refractivity contribution >= 4 is 17.4 Å². The van der Waals surface area contributed by atoms with Gasteiger partial charge in [-0.05, 0) is 32.6 Å². The van der Waals surface area contributed by atoms with Crippen LogP contribution in [0.4, 0.5) is 0 Å². The molecule has 3 rings (SSSR count). The molecule has 6 nitrogen and oxygen atoms in total. The van der Waals surface area contributed by atoms with E-state index in [0.29, 0.717) is 18.5 Å². The monoisotopic (exact) mass is 342 g/mol. The average Bonchev–Trinajstić information content (AvgIpc) is 3.25. The van der Waals surface area contributed by atoms with E-state index >= 15 is 0 Å². The average molecular weight is 342 g/mol. The molecule has 0 N–H and O–H groups in total. The smallest absolute Gasteiger partial charge is 0.222 e. The minimum atomic E-state index is -0.0119. The van der Waals surface area contributed by atoms with E-state index in [-0.39, 0.29) is 23.7 Å². The van der Waals surface area contributed by atoms with Crippen molar-refractivity contribution in [3.63, 3.8) is 0 Å². The number of amides is 1. The van der Waals surface area contributed by atoms with Crippen LogP contribution >= 0.6 is 0 Å². The molecule has 0 spiro atoms. The fraction of sp³-hybridized carbons (Fsp3) is 0.579. The number of carbonyl (C=O) groups is 2. The summed E-state index contributed by atoms with van der Waals surface area (Å²) in [4.78, 5) is 31.3. The summed E-state index contributed by atoms with van der Waals surface area (Å²) in [5.41, 5.74) is 1.84. The van der Waals surface area contributed by atoms with Crippen LogP contribution in [0.25, 0.3) is 0 Å². The summed E-state index contributed by atoms with van der Waals surface area (Å²) in [6.45, 7) is 2.71. The Morgan fingerprint density at radius 2 is 2.20 bits per heavy atom. The van der Waals surface area contributed by atoms with Gasteiger partial charge in [-0.2, -0.15) is 5.10 Å². The molecule has 1 fully saturated rings. The number of aryl methyl sites for hydroxylation is 1. The molecule has 0 radical (unpaired) electrons. The van der Waals surface area contributed by atoms with Crippen molar-refractivity contribution in [3.8, 4) is 0 Å². The molecule has 25 heavy (non-hydrogen) atoms. The third-order valence-electron chi connectivity index (χ3n) is 5.13. The van der Waals surface area contributed by atoms with Gasteiger partial charge in [-0.3, -0.25) is 19.3 Å². The van der Waals surface area contributed by atoms with Gasteiger partial charge in [0.1, 0.15) is 0 Å². The summed E-state index contributed by atoms with van der Waals surface area (Å²) in [7, 11) is 1.81. The van der Waals surface area contributed by atoms with Gasteiger partial charge in [0, 0.05) is 56.5 Å². The molecular weight excluding hydrogens is 316 g/mol. The molecule has 2 aliphatic heterocycles. The molecule has 134 valence electrons. The van der Waals surface area contributed by atoms with Crippen molar-refractivity contribution in [2.45, 2.75) is 51.5 Å². The van der Waals surface area contributed by atoms with Gasteiger partial charge in [0.05, 0.1) is 11.8 Å². The third-order valence-corrected chi connectivity index (χ3v) is 5.13. The van der Waals surface area contributed by atoms with Crippen LogP contribution in [0.5, 0.6) is 0 Å². The van der Waals surface area contributed by atoms with Crippen molar-refractivity contribution in [1.82, 2.24) is 14.7 Å². The molecule has 1 aromatic heterocycles. The largest absolute Gasteiger partial charge is 0.340 e. The normalized spacial score (nSPS) is 23.0. The Hall–Kier alpha value is -2.24. The molecule has 0 saturated carbocycles. The quantitative estimate of drug-likeness (QED) is 0.747. The first-order valence-corrected chi connectivity index (χ1v) is 9.07. The highest BCUT2D eigenvalue weighted by Gasteiger charge is 2.32. The van der Waals surface area contributed by atoms with E-state index in [2.05, 4.69) is 10.1 Å². The van der Waals surface area contributed by atoms with E-state index in [0.717, 1.165) is 32.1 Å². The zero-order valence-corrected chi connectivity index (χ0v) is 15.0. The highest BCUT2D eigenvalue weighted by Crippen LogP contribution is 2.27. The van der Waals surface area contributed by atoms with Crippen LogP contribution < -0.4 is 0 Å². The number of aromatic nitrogens is 2.